The molecule has 19 rings (SSSR count). The van der Waals surface area contributed by atoms with Gasteiger partial charge in [-0.3, -0.25) is 0 Å². The predicted molar refractivity (Wildman–Crippen MR) is 579 cm³/mol. The molecule has 0 unspecified atom stereocenters. The van der Waals surface area contributed by atoms with Crippen molar-refractivity contribution in [2.24, 2.45) is 0 Å². The maximum absolute atomic E-state index is 8.25. The summed E-state index contributed by atoms with van der Waals surface area (Å²) in [5.74, 6) is 0. The predicted octanol–water partition coefficient (Wildman–Crippen LogP) is 23.3. The fourth-order valence-electron chi connectivity index (χ4n) is 20.1. The van der Waals surface area contributed by atoms with Crippen LogP contribution < -0.4 is 15.9 Å². The largest absolute Gasteiger partial charge is 0.368 e. The van der Waals surface area contributed by atoms with Crippen molar-refractivity contribution >= 4 is 23.2 Å². The molecular formula is C130H130O17P+. The summed E-state index contributed by atoms with van der Waals surface area (Å²) in [5, 5.41) is 3.56. The Morgan fingerprint density at radius 2 is 0.318 bits per heavy atom. The van der Waals surface area contributed by atoms with Crippen molar-refractivity contribution in [3.8, 4) is 0 Å². The first-order valence-electron chi connectivity index (χ1n) is 51.5. The summed E-state index contributed by atoms with van der Waals surface area (Å²) in [6, 6.07) is 155. The number of hydrogen-bond donors (Lipinski definition) is 0. The summed E-state index contributed by atoms with van der Waals surface area (Å²) in [7, 11) is -1.13. The smallest absolute Gasteiger partial charge is 0.186 e. The normalized spacial score (nSPS) is 24.2. The first-order chi connectivity index (χ1) is 73.3. The number of methoxy groups -OCH3 is 1. The van der Waals surface area contributed by atoms with Gasteiger partial charge in [-0.15, -0.1) is 0 Å². The summed E-state index contributed by atoms with van der Waals surface area (Å²) in [6.07, 6.45) is -4.43. The lowest BCUT2D eigenvalue weighted by Gasteiger charge is -2.47. The first-order valence-corrected chi connectivity index (χ1v) is 53.4. The highest BCUT2D eigenvalue weighted by Crippen LogP contribution is 2.58. The lowest BCUT2D eigenvalue weighted by atomic mass is 9.90. The number of hydrogen-bond acceptors (Lipinski definition) is 17. The van der Waals surface area contributed by atoms with Gasteiger partial charge in [0.15, 0.2) is 6.29 Å². The Bertz CT molecular complexity index is 6300. The molecule has 756 valence electrons. The van der Waals surface area contributed by atoms with Crippen molar-refractivity contribution in [3.05, 3.63) is 558 Å². The SMILES string of the molecule is CO[C@H]1O[C@H](/C=C\[C@@H]2O[C@H](/C=C\[C@@H]3O[C@H](/C=C\[C@@H]4O[C@H](C[P+](c5ccccc5)(c5ccccc5)c5ccccc5)[C@H](OCc5ccccc5)[C@H](OCc5ccccc5)[C@H]4OCc4ccccc4)[C@H](OCc4ccccc4)[C@H](OCc4ccccc4)[C@H]3OCc3ccccc3)[C@H](OCc3ccccc3)[C@H](OCc3ccccc3)[C@H]2OCc2ccccc2)[C@H](OCc2ccccc2)[C@H](OCc2ccccc2)[C@H]1OCc1ccccc1. The molecule has 0 bridgehead atoms. The third-order valence-electron chi connectivity index (χ3n) is 27.6. The van der Waals surface area contributed by atoms with Gasteiger partial charge in [0.05, 0.1) is 79.3 Å². The molecule has 0 saturated carbocycles. The molecule has 0 radical (unpaired) electrons. The van der Waals surface area contributed by atoms with Crippen LogP contribution >= 0.6 is 7.26 Å². The highest BCUT2D eigenvalue weighted by atomic mass is 31.2. The van der Waals surface area contributed by atoms with Crippen molar-refractivity contribution in [2.75, 3.05) is 13.3 Å². The third-order valence-corrected chi connectivity index (χ3v) is 32.0. The molecule has 148 heavy (non-hydrogen) atoms. The Morgan fingerprint density at radius 3 is 0.514 bits per heavy atom. The van der Waals surface area contributed by atoms with Gasteiger partial charge in [-0.2, -0.15) is 0 Å². The molecule has 4 saturated heterocycles. The van der Waals surface area contributed by atoms with Gasteiger partial charge in [-0.25, -0.2) is 0 Å². The second kappa shape index (κ2) is 54.5. The summed E-state index contributed by atoms with van der Waals surface area (Å²) in [5.41, 5.74) is 11.5. The van der Waals surface area contributed by atoms with E-state index >= 15 is 0 Å². The van der Waals surface area contributed by atoms with Crippen molar-refractivity contribution in [1.29, 1.82) is 0 Å². The Balaban J connectivity index is 0.773. The summed E-state index contributed by atoms with van der Waals surface area (Å²) in [4.78, 5) is 0. The van der Waals surface area contributed by atoms with E-state index in [2.05, 4.69) is 261 Å². The van der Waals surface area contributed by atoms with E-state index in [1.54, 1.807) is 7.11 Å². The Labute approximate surface area is 871 Å². The highest BCUT2D eigenvalue weighted by molar-refractivity contribution is 7.95. The average molecular weight is 2000 g/mol. The molecule has 4 aliphatic rings. The zero-order valence-corrected chi connectivity index (χ0v) is 84.3. The monoisotopic (exact) mass is 1990 g/mol. The van der Waals surface area contributed by atoms with E-state index in [1.807, 2.05) is 231 Å². The van der Waals surface area contributed by atoms with Crippen LogP contribution in [0, 0.1) is 0 Å². The highest BCUT2D eigenvalue weighted by Gasteiger charge is 2.57. The Kier molecular flexibility index (Phi) is 38.2. The molecule has 4 fully saturated rings. The molecule has 0 spiro atoms. The van der Waals surface area contributed by atoms with Gasteiger partial charge in [0.1, 0.15) is 145 Å². The molecule has 0 amide bonds. The van der Waals surface area contributed by atoms with Crippen molar-refractivity contribution in [2.45, 2.75) is 202 Å². The van der Waals surface area contributed by atoms with Gasteiger partial charge >= 0.3 is 0 Å². The third kappa shape index (κ3) is 28.3. The summed E-state index contributed by atoms with van der Waals surface area (Å²) < 4.78 is 128. The van der Waals surface area contributed by atoms with Crippen LogP contribution in [0.3, 0.4) is 0 Å². The van der Waals surface area contributed by atoms with Crippen LogP contribution in [0.1, 0.15) is 66.8 Å². The topological polar surface area (TPSA) is 157 Å². The molecule has 15 aromatic carbocycles. The van der Waals surface area contributed by atoms with Crippen LogP contribution in [0.25, 0.3) is 0 Å². The molecule has 20 atom stereocenters. The van der Waals surface area contributed by atoms with Gasteiger partial charge in [-0.1, -0.05) is 455 Å². The average Bonchev–Trinajstić information content (AvgIpc) is 0.726. The molecular weight excluding hydrogens is 1860 g/mol. The zero-order chi connectivity index (χ0) is 100. The standard InChI is InChI=1S/C130H130O17P/c1-131-130-129(143-94-107-69-39-13-40-70-107)128(142-93-106-67-37-12-38-68-106)123(137-88-101-57-27-7-28-58-101)116(147-130)82-81-114-121(135-86-99-53-23-5-24-54-99)126(140-91-104-63-33-10-34-64-104)119(133-84-97-49-19-3-20-50-97)112(145-114)78-77-111-118(132-83-96-47-17-2-18-48-96)125(139-90-103-61-31-9-32-62-103)120(134-85-98-51-21-4-22-52-98)113(144-111)79-80-115-122(136-87-100-55-25-6-26-56-100)127(141-92-105-65-35-11-36-66-105)124(138-89-102-59-29-8-30-60-102)117(146-115)95-148(108-71-41-14-42-72-108,109-73-43-15-44-74-109)110-75-45-16-46-76-110/h2-82,111-130H,83-95H2,1H3/q+1/b78-77-,80-79-,82-81-/t111-,112+,113+,114-,115-,116+,117+,118-,119-,120-,121-,122-,123-,124-,125+,126-,127+,128-,129+,130-/m0/s1. The van der Waals surface area contributed by atoms with Crippen LogP contribution in [0.5, 0.6) is 0 Å². The Morgan fingerprint density at radius 1 is 0.169 bits per heavy atom. The van der Waals surface area contributed by atoms with Crippen LogP contribution in [-0.4, -0.2) is 136 Å². The van der Waals surface area contributed by atoms with E-state index in [0.29, 0.717) is 6.16 Å². The number of rotatable bonds is 48. The van der Waals surface area contributed by atoms with Crippen LogP contribution in [-0.2, 0) is 160 Å². The van der Waals surface area contributed by atoms with Gasteiger partial charge in [0, 0.05) is 7.11 Å². The minimum Gasteiger partial charge on any atom is -0.368 e. The molecule has 17 nitrogen and oxygen atoms in total. The maximum atomic E-state index is 8.25. The number of ether oxygens (including phenoxy) is 17. The Hall–Kier alpha value is -12.7. The summed E-state index contributed by atoms with van der Waals surface area (Å²) in [6.45, 7) is 2.40. The molecule has 18 heteroatoms. The van der Waals surface area contributed by atoms with Gasteiger partial charge in [0.2, 0.25) is 0 Å². The van der Waals surface area contributed by atoms with E-state index in [4.69, 9.17) is 80.5 Å². The second-order valence-electron chi connectivity index (χ2n) is 37.8. The lowest BCUT2D eigenvalue weighted by molar-refractivity contribution is -0.309. The molecule has 0 aromatic heterocycles. The lowest BCUT2D eigenvalue weighted by Crippen LogP contribution is -2.62. The van der Waals surface area contributed by atoms with Gasteiger partial charge < -0.3 is 80.5 Å². The minimum atomic E-state index is -2.76. The molecule has 4 heterocycles. The van der Waals surface area contributed by atoms with Crippen LogP contribution in [0.2, 0.25) is 0 Å². The molecule has 0 aliphatic carbocycles. The fraction of sp³-hybridized carbons (Fsp3) is 0.262. The molecule has 0 N–H and O–H groups in total. The van der Waals surface area contributed by atoms with Gasteiger partial charge in [-0.05, 0) is 103 Å². The summed E-state index contributed by atoms with van der Waals surface area (Å²) >= 11 is 0. The van der Waals surface area contributed by atoms with Crippen LogP contribution in [0.15, 0.2) is 491 Å². The van der Waals surface area contributed by atoms with E-state index in [1.165, 1.54) is 15.9 Å². The van der Waals surface area contributed by atoms with Crippen molar-refractivity contribution in [3.63, 3.8) is 0 Å². The first kappa shape index (κ1) is 104. The zero-order valence-electron chi connectivity index (χ0n) is 83.4. The van der Waals surface area contributed by atoms with Crippen molar-refractivity contribution in [1.82, 2.24) is 0 Å². The fourth-order valence-corrected chi connectivity index (χ4v) is 24.5. The van der Waals surface area contributed by atoms with Crippen LogP contribution in [0.4, 0.5) is 0 Å². The maximum Gasteiger partial charge on any atom is 0.186 e. The minimum absolute atomic E-state index is 0.164. The van der Waals surface area contributed by atoms with E-state index in [-0.39, 0.29) is 79.3 Å². The number of benzene rings is 15. The quantitative estimate of drug-likeness (QED) is 0.0262. The van der Waals surface area contributed by atoms with E-state index in [9.17, 15) is 0 Å². The van der Waals surface area contributed by atoms with Crippen molar-refractivity contribution < 1.29 is 80.5 Å². The molecule has 15 aromatic rings. The van der Waals surface area contributed by atoms with Gasteiger partial charge in [0.25, 0.3) is 0 Å². The molecule has 4 aliphatic heterocycles. The van der Waals surface area contributed by atoms with E-state index < -0.39 is 130 Å². The second-order valence-corrected chi connectivity index (χ2v) is 41.3. The van der Waals surface area contributed by atoms with E-state index in [0.717, 1.165) is 66.8 Å².